The maximum atomic E-state index is 13.0. The average Bonchev–Trinajstić information content (AvgIpc) is 3.02. The number of carbonyl (C=O) groups excluding carboxylic acids is 1. The van der Waals surface area contributed by atoms with E-state index in [2.05, 4.69) is 10.3 Å². The number of nitrogens with zero attached hydrogens (tertiary/aromatic N) is 1. The number of alkyl halides is 3. The number of carbonyl (C=O) groups is 1. The molecule has 0 saturated heterocycles. The lowest BCUT2D eigenvalue weighted by atomic mass is 10.1. The van der Waals surface area contributed by atoms with Gasteiger partial charge in [0.05, 0.1) is 25.3 Å². The van der Waals surface area contributed by atoms with Crippen molar-refractivity contribution in [2.75, 3.05) is 19.5 Å². The first-order valence-electron chi connectivity index (χ1n) is 13.5. The number of pyridine rings is 1. The first-order chi connectivity index (χ1) is 20.2. The minimum Gasteiger partial charge on any atom is -0.493 e. The summed E-state index contributed by atoms with van der Waals surface area (Å²) in [6, 6.07) is 20.3. The van der Waals surface area contributed by atoms with Crippen molar-refractivity contribution in [2.45, 2.75) is 33.9 Å². The zero-order valence-corrected chi connectivity index (χ0v) is 24.3. The van der Waals surface area contributed by atoms with E-state index in [0.717, 1.165) is 28.3 Å². The average molecular weight is 579 g/mol. The molecule has 1 aromatic heterocycles. The molecule has 9 heteroatoms. The second-order valence-electron chi connectivity index (χ2n) is 8.39. The number of fused-ring (bicyclic) bond motifs is 2. The van der Waals surface area contributed by atoms with Gasteiger partial charge in [0.2, 0.25) is 0 Å². The van der Waals surface area contributed by atoms with Gasteiger partial charge >= 0.3 is 6.18 Å². The zero-order chi connectivity index (χ0) is 30.9. The normalized spacial score (nSPS) is 10.6. The first kappa shape index (κ1) is 31.7. The van der Waals surface area contributed by atoms with Gasteiger partial charge in [-0.05, 0) is 65.4 Å². The Morgan fingerprint density at radius 2 is 1.43 bits per heavy atom. The highest BCUT2D eigenvalue weighted by Gasteiger charge is 2.30. The van der Waals surface area contributed by atoms with Crippen LogP contribution >= 0.6 is 0 Å². The summed E-state index contributed by atoms with van der Waals surface area (Å²) in [5.41, 5.74) is 0.176. The van der Waals surface area contributed by atoms with E-state index in [1.165, 1.54) is 12.1 Å². The summed E-state index contributed by atoms with van der Waals surface area (Å²) in [5.74, 6) is 1.65. The molecule has 0 bridgehead atoms. The highest BCUT2D eigenvalue weighted by molar-refractivity contribution is 6.05. The summed E-state index contributed by atoms with van der Waals surface area (Å²) in [6.45, 7) is 8.00. The molecular formula is C33H33F3N2O4. The topological polar surface area (TPSA) is 69.7 Å². The molecule has 0 atom stereocenters. The van der Waals surface area contributed by atoms with E-state index in [9.17, 15) is 18.0 Å². The Balaban J connectivity index is 0.00000116. The van der Waals surface area contributed by atoms with Gasteiger partial charge in [-0.2, -0.15) is 13.2 Å². The van der Waals surface area contributed by atoms with Crippen LogP contribution in [0.2, 0.25) is 0 Å². The SMILES string of the molecule is CC.CC.COc1cc2nccc(Oc3ccc4cc(NC(=O)c5cccc(C(F)(F)F)c5)ccc4c3)c2cc1OC. The van der Waals surface area contributed by atoms with Gasteiger partial charge in [-0.3, -0.25) is 9.78 Å². The molecule has 0 unspecified atom stereocenters. The molecule has 0 radical (unpaired) electrons. The van der Waals surface area contributed by atoms with Crippen molar-refractivity contribution in [3.05, 3.63) is 96.2 Å². The van der Waals surface area contributed by atoms with Crippen LogP contribution in [0, 0.1) is 0 Å². The second-order valence-corrected chi connectivity index (χ2v) is 8.39. The fourth-order valence-electron chi connectivity index (χ4n) is 4.07. The summed E-state index contributed by atoms with van der Waals surface area (Å²) in [6.07, 6.45) is -2.88. The molecule has 6 nitrogen and oxygen atoms in total. The van der Waals surface area contributed by atoms with Crippen molar-refractivity contribution in [2.24, 2.45) is 0 Å². The molecular weight excluding hydrogens is 545 g/mol. The second kappa shape index (κ2) is 14.2. The lowest BCUT2D eigenvalue weighted by Crippen LogP contribution is -2.13. The summed E-state index contributed by atoms with van der Waals surface area (Å²) in [5, 5.41) is 5.06. The fourth-order valence-corrected chi connectivity index (χ4v) is 4.07. The monoisotopic (exact) mass is 578 g/mol. The number of benzene rings is 4. The molecule has 0 aliphatic carbocycles. The Hall–Kier alpha value is -4.79. The van der Waals surface area contributed by atoms with Crippen LogP contribution in [0.1, 0.15) is 43.6 Å². The Morgan fingerprint density at radius 3 is 2.12 bits per heavy atom. The van der Waals surface area contributed by atoms with E-state index < -0.39 is 17.6 Å². The van der Waals surface area contributed by atoms with Crippen molar-refractivity contribution in [1.82, 2.24) is 4.98 Å². The molecule has 0 saturated carbocycles. The molecule has 5 rings (SSSR count). The third kappa shape index (κ3) is 7.28. The van der Waals surface area contributed by atoms with Crippen LogP contribution in [-0.4, -0.2) is 25.1 Å². The maximum Gasteiger partial charge on any atom is 0.416 e. The largest absolute Gasteiger partial charge is 0.493 e. The Kier molecular flexibility index (Phi) is 10.7. The number of amides is 1. The van der Waals surface area contributed by atoms with Crippen LogP contribution in [-0.2, 0) is 6.18 Å². The molecule has 5 aromatic rings. The number of aromatic nitrogens is 1. The van der Waals surface area contributed by atoms with Gasteiger partial charge in [0.15, 0.2) is 11.5 Å². The van der Waals surface area contributed by atoms with E-state index in [-0.39, 0.29) is 5.56 Å². The van der Waals surface area contributed by atoms with Gasteiger partial charge in [0, 0.05) is 28.9 Å². The van der Waals surface area contributed by atoms with Crippen molar-refractivity contribution >= 4 is 33.3 Å². The van der Waals surface area contributed by atoms with E-state index in [1.807, 2.05) is 39.8 Å². The van der Waals surface area contributed by atoms with E-state index in [1.54, 1.807) is 62.9 Å². The Labute approximate surface area is 243 Å². The number of rotatable bonds is 6. The smallest absolute Gasteiger partial charge is 0.416 e. The van der Waals surface area contributed by atoms with Crippen molar-refractivity contribution in [3.8, 4) is 23.0 Å². The summed E-state index contributed by atoms with van der Waals surface area (Å²) >= 11 is 0. The maximum absolute atomic E-state index is 13.0. The highest BCUT2D eigenvalue weighted by atomic mass is 19.4. The number of nitrogens with one attached hydrogen (secondary N) is 1. The van der Waals surface area contributed by atoms with Gasteiger partial charge in [0.1, 0.15) is 11.5 Å². The number of methoxy groups -OCH3 is 2. The summed E-state index contributed by atoms with van der Waals surface area (Å²) in [7, 11) is 3.11. The molecule has 1 heterocycles. The van der Waals surface area contributed by atoms with Crippen LogP contribution in [0.4, 0.5) is 18.9 Å². The van der Waals surface area contributed by atoms with Crippen LogP contribution in [0.15, 0.2) is 85.1 Å². The van der Waals surface area contributed by atoms with Crippen LogP contribution in [0.3, 0.4) is 0 Å². The Bertz CT molecular complexity index is 1670. The quantitative estimate of drug-likeness (QED) is 0.217. The van der Waals surface area contributed by atoms with Gasteiger partial charge < -0.3 is 19.5 Å². The van der Waals surface area contributed by atoms with Crippen molar-refractivity contribution in [1.29, 1.82) is 0 Å². The van der Waals surface area contributed by atoms with E-state index in [0.29, 0.717) is 34.2 Å². The van der Waals surface area contributed by atoms with E-state index >= 15 is 0 Å². The number of ether oxygens (including phenoxy) is 3. The van der Waals surface area contributed by atoms with E-state index in [4.69, 9.17) is 14.2 Å². The van der Waals surface area contributed by atoms with Crippen LogP contribution < -0.4 is 19.5 Å². The number of hydrogen-bond acceptors (Lipinski definition) is 5. The van der Waals surface area contributed by atoms with Crippen molar-refractivity contribution < 1.29 is 32.2 Å². The molecule has 0 spiro atoms. The van der Waals surface area contributed by atoms with Gasteiger partial charge in [0.25, 0.3) is 5.91 Å². The molecule has 1 amide bonds. The first-order valence-corrected chi connectivity index (χ1v) is 13.5. The zero-order valence-electron chi connectivity index (χ0n) is 24.3. The van der Waals surface area contributed by atoms with Crippen LogP contribution in [0.25, 0.3) is 21.7 Å². The molecule has 4 aromatic carbocycles. The van der Waals surface area contributed by atoms with Gasteiger partial charge in [-0.15, -0.1) is 0 Å². The fraction of sp³-hybridized carbons (Fsp3) is 0.212. The lowest BCUT2D eigenvalue weighted by Gasteiger charge is -2.13. The number of anilines is 1. The molecule has 1 N–H and O–H groups in total. The minimum absolute atomic E-state index is 0.0810. The third-order valence-corrected chi connectivity index (χ3v) is 5.96. The molecule has 0 aliphatic heterocycles. The highest BCUT2D eigenvalue weighted by Crippen LogP contribution is 2.37. The standard InChI is InChI=1S/C29H21F3N2O4.2C2H6/c1-36-26-15-23-24(16-27(26)37-2)33-11-10-25(23)38-22-9-7-17-13-21(8-6-18(17)14-22)34-28(35)19-4-3-5-20(12-19)29(30,31)32;2*1-2/h3-16H,1-2H3,(H,34,35);2*1-2H3. The van der Waals surface area contributed by atoms with Gasteiger partial charge in [-0.25, -0.2) is 0 Å². The predicted molar refractivity (Wildman–Crippen MR) is 161 cm³/mol. The summed E-state index contributed by atoms with van der Waals surface area (Å²) < 4.78 is 55.9. The molecule has 0 aliphatic rings. The van der Waals surface area contributed by atoms with Crippen molar-refractivity contribution in [3.63, 3.8) is 0 Å². The molecule has 42 heavy (non-hydrogen) atoms. The minimum atomic E-state index is -4.53. The van der Waals surface area contributed by atoms with Gasteiger partial charge in [-0.1, -0.05) is 45.9 Å². The Morgan fingerprint density at radius 1 is 0.762 bits per heavy atom. The number of halogens is 3. The third-order valence-electron chi connectivity index (χ3n) is 5.96. The number of hydrogen-bond donors (Lipinski definition) is 1. The molecule has 220 valence electrons. The van der Waals surface area contributed by atoms with Crippen LogP contribution in [0.5, 0.6) is 23.0 Å². The predicted octanol–water partition coefficient (Wildman–Crippen LogP) is 9.52. The summed E-state index contributed by atoms with van der Waals surface area (Å²) in [4.78, 5) is 16.9. The lowest BCUT2D eigenvalue weighted by molar-refractivity contribution is -0.137. The molecule has 0 fully saturated rings.